The lowest BCUT2D eigenvalue weighted by Crippen LogP contribution is -2.40. The number of para-hydroxylation sites is 1. The Bertz CT molecular complexity index is 627. The molecule has 1 unspecified atom stereocenters. The molecule has 0 radical (unpaired) electrons. The zero-order chi connectivity index (χ0) is 15.4. The highest BCUT2D eigenvalue weighted by atomic mass is 16.5. The lowest BCUT2D eigenvalue weighted by molar-refractivity contribution is 0.214. The predicted molar refractivity (Wildman–Crippen MR) is 86.0 cm³/mol. The number of fused-ring (bicyclic) bond motifs is 1. The van der Waals surface area contributed by atoms with Crippen LogP contribution in [0, 0.1) is 6.92 Å². The maximum absolute atomic E-state index is 11.8. The number of aryl methyl sites for hydroxylation is 1. The third kappa shape index (κ3) is 3.58. The molecule has 0 saturated heterocycles. The van der Waals surface area contributed by atoms with Crippen LogP contribution in [0.15, 0.2) is 48.5 Å². The third-order valence-corrected chi connectivity index (χ3v) is 3.78. The monoisotopic (exact) mass is 296 g/mol. The lowest BCUT2D eigenvalue weighted by atomic mass is 10.1. The van der Waals surface area contributed by atoms with Gasteiger partial charge in [0.2, 0.25) is 0 Å². The van der Waals surface area contributed by atoms with Crippen LogP contribution in [0.1, 0.15) is 16.7 Å². The number of hydrogen-bond acceptors (Lipinski definition) is 2. The molecule has 0 bridgehead atoms. The van der Waals surface area contributed by atoms with Gasteiger partial charge in [-0.2, -0.15) is 0 Å². The lowest BCUT2D eigenvalue weighted by Gasteiger charge is -2.12. The van der Waals surface area contributed by atoms with E-state index in [2.05, 4.69) is 16.7 Å². The second-order valence-electron chi connectivity index (χ2n) is 5.60. The van der Waals surface area contributed by atoms with E-state index >= 15 is 0 Å². The smallest absolute Gasteiger partial charge is 0.315 e. The number of ether oxygens (including phenoxy) is 1. The summed E-state index contributed by atoms with van der Waals surface area (Å²) in [6.07, 6.45) is 0.858. The Morgan fingerprint density at radius 3 is 2.68 bits per heavy atom. The first-order valence-corrected chi connectivity index (χ1v) is 7.52. The molecule has 4 nitrogen and oxygen atoms in total. The first-order chi connectivity index (χ1) is 10.7. The Morgan fingerprint density at radius 1 is 1.14 bits per heavy atom. The van der Waals surface area contributed by atoms with Gasteiger partial charge in [0.05, 0.1) is 6.54 Å². The zero-order valence-corrected chi connectivity index (χ0v) is 12.6. The quantitative estimate of drug-likeness (QED) is 0.911. The Morgan fingerprint density at radius 2 is 1.91 bits per heavy atom. The van der Waals surface area contributed by atoms with Crippen molar-refractivity contribution in [2.24, 2.45) is 0 Å². The summed E-state index contributed by atoms with van der Waals surface area (Å²) in [7, 11) is 0. The summed E-state index contributed by atoms with van der Waals surface area (Å²) in [4.78, 5) is 11.8. The second-order valence-corrected chi connectivity index (χ2v) is 5.60. The maximum Gasteiger partial charge on any atom is 0.315 e. The number of carbonyl (C=O) groups excluding carboxylic acids is 1. The number of amides is 2. The minimum absolute atomic E-state index is 0.0162. The topological polar surface area (TPSA) is 50.4 Å². The molecule has 3 rings (SSSR count). The molecule has 2 aromatic carbocycles. The van der Waals surface area contributed by atoms with Crippen molar-refractivity contribution in [3.05, 3.63) is 65.2 Å². The van der Waals surface area contributed by atoms with Gasteiger partial charge in [-0.15, -0.1) is 0 Å². The van der Waals surface area contributed by atoms with Crippen molar-refractivity contribution >= 4 is 6.03 Å². The van der Waals surface area contributed by atoms with Gasteiger partial charge in [-0.05, 0) is 24.1 Å². The van der Waals surface area contributed by atoms with Crippen molar-refractivity contribution in [2.45, 2.75) is 26.0 Å². The molecule has 2 amide bonds. The molecular formula is C18H20N2O2. The molecule has 1 atom stereocenters. The maximum atomic E-state index is 11.8. The van der Waals surface area contributed by atoms with Crippen molar-refractivity contribution in [3.63, 3.8) is 0 Å². The number of nitrogens with one attached hydrogen (secondary N) is 2. The van der Waals surface area contributed by atoms with Crippen molar-refractivity contribution in [1.29, 1.82) is 0 Å². The predicted octanol–water partition coefficient (Wildman–Crippen LogP) is 2.80. The van der Waals surface area contributed by atoms with Crippen molar-refractivity contribution in [1.82, 2.24) is 10.6 Å². The molecule has 1 aliphatic heterocycles. The van der Waals surface area contributed by atoms with Crippen LogP contribution in [0.4, 0.5) is 4.79 Å². The number of carbonyl (C=O) groups is 1. The molecule has 22 heavy (non-hydrogen) atoms. The average molecular weight is 296 g/mol. The Kier molecular flexibility index (Phi) is 4.28. The summed E-state index contributed by atoms with van der Waals surface area (Å²) < 4.78 is 5.79. The van der Waals surface area contributed by atoms with Crippen LogP contribution in [0.5, 0.6) is 5.75 Å². The molecule has 4 heteroatoms. The Labute approximate surface area is 130 Å². The summed E-state index contributed by atoms with van der Waals surface area (Å²) in [5, 5.41) is 5.72. The number of urea groups is 1. The average Bonchev–Trinajstić information content (AvgIpc) is 2.95. The van der Waals surface area contributed by atoms with Gasteiger partial charge in [0.25, 0.3) is 0 Å². The van der Waals surface area contributed by atoms with E-state index in [0.717, 1.165) is 17.7 Å². The fourth-order valence-electron chi connectivity index (χ4n) is 2.53. The standard InChI is InChI=1S/C18H20N2O2/c1-13-6-8-14(9-7-13)11-19-18(21)20-12-16-10-15-4-2-3-5-17(15)22-16/h2-9,16H,10-12H2,1H3,(H2,19,20,21). The van der Waals surface area contributed by atoms with Gasteiger partial charge in [0.15, 0.2) is 0 Å². The molecule has 0 aliphatic carbocycles. The van der Waals surface area contributed by atoms with Gasteiger partial charge in [-0.1, -0.05) is 48.0 Å². The summed E-state index contributed by atoms with van der Waals surface area (Å²) >= 11 is 0. The van der Waals surface area contributed by atoms with Crippen molar-refractivity contribution in [2.75, 3.05) is 6.54 Å². The summed E-state index contributed by atoms with van der Waals surface area (Å²) in [5.74, 6) is 0.925. The van der Waals surface area contributed by atoms with Crippen LogP contribution < -0.4 is 15.4 Å². The van der Waals surface area contributed by atoms with Crippen LogP contribution in [-0.4, -0.2) is 18.7 Å². The second kappa shape index (κ2) is 6.52. The molecule has 114 valence electrons. The minimum atomic E-state index is -0.167. The Balaban J connectivity index is 1.41. The largest absolute Gasteiger partial charge is 0.488 e. The molecule has 2 N–H and O–H groups in total. The SMILES string of the molecule is Cc1ccc(CNC(=O)NCC2Cc3ccccc3O2)cc1. The van der Waals surface area contributed by atoms with E-state index in [1.54, 1.807) is 0 Å². The normalized spacial score (nSPS) is 15.8. The van der Waals surface area contributed by atoms with E-state index in [4.69, 9.17) is 4.74 Å². The van der Waals surface area contributed by atoms with Gasteiger partial charge in [0, 0.05) is 13.0 Å². The van der Waals surface area contributed by atoms with Crippen LogP contribution >= 0.6 is 0 Å². The summed E-state index contributed by atoms with van der Waals surface area (Å²) in [5.41, 5.74) is 3.51. The van der Waals surface area contributed by atoms with Gasteiger partial charge in [-0.3, -0.25) is 0 Å². The van der Waals surface area contributed by atoms with Gasteiger partial charge in [0.1, 0.15) is 11.9 Å². The van der Waals surface area contributed by atoms with Gasteiger partial charge < -0.3 is 15.4 Å². The molecule has 0 spiro atoms. The Hall–Kier alpha value is -2.49. The number of rotatable bonds is 4. The van der Waals surface area contributed by atoms with Gasteiger partial charge in [-0.25, -0.2) is 4.79 Å². The first-order valence-electron chi connectivity index (χ1n) is 7.52. The number of hydrogen-bond donors (Lipinski definition) is 2. The van der Waals surface area contributed by atoms with Crippen LogP contribution in [-0.2, 0) is 13.0 Å². The van der Waals surface area contributed by atoms with Crippen molar-refractivity contribution < 1.29 is 9.53 Å². The molecule has 1 heterocycles. The van der Waals surface area contributed by atoms with Crippen LogP contribution in [0.3, 0.4) is 0 Å². The summed E-state index contributed by atoms with van der Waals surface area (Å²) in [6, 6.07) is 15.9. The van der Waals surface area contributed by atoms with E-state index < -0.39 is 0 Å². The van der Waals surface area contributed by atoms with Gasteiger partial charge >= 0.3 is 6.03 Å². The molecule has 0 fully saturated rings. The van der Waals surface area contributed by atoms with Crippen LogP contribution in [0.25, 0.3) is 0 Å². The van der Waals surface area contributed by atoms with E-state index in [-0.39, 0.29) is 12.1 Å². The molecule has 1 aliphatic rings. The van der Waals surface area contributed by atoms with Crippen molar-refractivity contribution in [3.8, 4) is 5.75 Å². The number of benzene rings is 2. The summed E-state index contributed by atoms with van der Waals surface area (Å²) in [6.45, 7) is 3.08. The van der Waals surface area contributed by atoms with Crippen LogP contribution in [0.2, 0.25) is 0 Å². The highest BCUT2D eigenvalue weighted by Crippen LogP contribution is 2.27. The molecule has 0 saturated carbocycles. The molecular weight excluding hydrogens is 276 g/mol. The fraction of sp³-hybridized carbons (Fsp3) is 0.278. The zero-order valence-electron chi connectivity index (χ0n) is 12.6. The van der Waals surface area contributed by atoms with E-state index in [0.29, 0.717) is 13.1 Å². The first kappa shape index (κ1) is 14.4. The van der Waals surface area contributed by atoms with E-state index in [1.807, 2.05) is 49.4 Å². The van der Waals surface area contributed by atoms with E-state index in [1.165, 1.54) is 11.1 Å². The highest BCUT2D eigenvalue weighted by Gasteiger charge is 2.22. The minimum Gasteiger partial charge on any atom is -0.488 e. The highest BCUT2D eigenvalue weighted by molar-refractivity contribution is 5.73. The third-order valence-electron chi connectivity index (χ3n) is 3.78. The molecule has 0 aromatic heterocycles. The molecule has 2 aromatic rings. The fourth-order valence-corrected chi connectivity index (χ4v) is 2.53. The van der Waals surface area contributed by atoms with E-state index in [9.17, 15) is 4.79 Å².